The molecule has 0 aromatic rings. The van der Waals surface area contributed by atoms with E-state index in [-0.39, 0.29) is 30.8 Å². The maximum Gasteiger partial charge on any atom is 0.318 e. The highest BCUT2D eigenvalue weighted by Crippen LogP contribution is 2.52. The molecule has 0 N–H and O–H groups in total. The molecule has 7 nitrogen and oxygen atoms in total. The number of esters is 1. The lowest BCUT2D eigenvalue weighted by Gasteiger charge is -2.35. The molecule has 2 atom stereocenters. The Hall–Kier alpha value is -2.15. The smallest absolute Gasteiger partial charge is 0.318 e. The van der Waals surface area contributed by atoms with Gasteiger partial charge >= 0.3 is 5.97 Å². The van der Waals surface area contributed by atoms with Gasteiger partial charge < -0.3 is 19.3 Å². The van der Waals surface area contributed by atoms with Crippen LogP contribution in [0.4, 0.5) is 0 Å². The molecule has 0 radical (unpaired) electrons. The molecule has 0 aromatic heterocycles. The number of rotatable bonds is 6. The van der Waals surface area contributed by atoms with Crippen molar-refractivity contribution in [2.24, 2.45) is 11.3 Å². The fraction of sp³-hybridized carbons (Fsp3) is 0.682. The summed E-state index contributed by atoms with van der Waals surface area (Å²) in [4.78, 5) is 43.2. The third-order valence-electron chi connectivity index (χ3n) is 6.21. The van der Waals surface area contributed by atoms with E-state index in [1.54, 1.807) is 22.8 Å². The molecule has 0 bridgehead atoms. The first-order chi connectivity index (χ1) is 14.1. The number of amides is 2. The third kappa shape index (κ3) is 4.10. The highest BCUT2D eigenvalue weighted by Gasteiger charge is 2.61. The van der Waals surface area contributed by atoms with Gasteiger partial charge in [0.15, 0.2) is 0 Å². The average molecular weight is 405 g/mol. The minimum atomic E-state index is -1.08. The standard InChI is InChI=1S/C22H32N2O5/c1-3-11-24-18-9-7-5-6-8-10-22(18,21(27)29-4-2)17(20(24)26)16-19(25)23-12-14-28-15-13-23/h3,9,17H,1,4-8,10-16H2,2H3/b18-9+/t17-,22-/m1/s1. The quantitative estimate of drug-likeness (QED) is 0.501. The van der Waals surface area contributed by atoms with Crippen LogP contribution < -0.4 is 0 Å². The van der Waals surface area contributed by atoms with E-state index < -0.39 is 11.3 Å². The van der Waals surface area contributed by atoms with E-state index in [2.05, 4.69) is 6.58 Å². The van der Waals surface area contributed by atoms with E-state index >= 15 is 0 Å². The minimum absolute atomic E-state index is 0.0165. The Bertz CT molecular complexity index is 683. The van der Waals surface area contributed by atoms with Gasteiger partial charge in [0.05, 0.1) is 25.7 Å². The molecule has 29 heavy (non-hydrogen) atoms. The zero-order chi connectivity index (χ0) is 20.9. The monoisotopic (exact) mass is 404 g/mol. The number of hydrogen-bond donors (Lipinski definition) is 0. The first kappa shape index (κ1) is 21.6. The van der Waals surface area contributed by atoms with Gasteiger partial charge in [-0.2, -0.15) is 0 Å². The Morgan fingerprint density at radius 2 is 2.07 bits per heavy atom. The summed E-state index contributed by atoms with van der Waals surface area (Å²) in [5.41, 5.74) is -0.376. The minimum Gasteiger partial charge on any atom is -0.465 e. The van der Waals surface area contributed by atoms with Gasteiger partial charge in [-0.3, -0.25) is 14.4 Å². The number of likely N-dealkylation sites (tertiary alicyclic amines) is 1. The molecule has 0 spiro atoms. The molecule has 7 heteroatoms. The molecule has 2 heterocycles. The van der Waals surface area contributed by atoms with Crippen LogP contribution in [0, 0.1) is 11.3 Å². The Kier molecular flexibility index (Phi) is 7.11. The highest BCUT2D eigenvalue weighted by molar-refractivity contribution is 5.99. The van der Waals surface area contributed by atoms with Gasteiger partial charge in [0, 0.05) is 31.8 Å². The molecule has 0 saturated carbocycles. The molecule has 2 saturated heterocycles. The molecule has 3 aliphatic rings. The molecular weight excluding hydrogens is 372 g/mol. The van der Waals surface area contributed by atoms with Crippen LogP contribution in [0.25, 0.3) is 0 Å². The van der Waals surface area contributed by atoms with E-state index in [4.69, 9.17) is 9.47 Å². The zero-order valence-corrected chi connectivity index (χ0v) is 17.4. The SMILES string of the molecule is C=CCN1C(=O)[C@@H](CC(=O)N2CCOCC2)[C@]2(C(=O)OCC)CCCCC/C=C/12. The summed E-state index contributed by atoms with van der Waals surface area (Å²) in [6.07, 6.45) is 7.87. The lowest BCUT2D eigenvalue weighted by molar-refractivity contribution is -0.158. The number of nitrogens with zero attached hydrogens (tertiary/aromatic N) is 2. The van der Waals surface area contributed by atoms with Crippen LogP contribution in [-0.2, 0) is 23.9 Å². The van der Waals surface area contributed by atoms with Crippen LogP contribution in [0.2, 0.25) is 0 Å². The molecule has 0 unspecified atom stereocenters. The van der Waals surface area contributed by atoms with Crippen molar-refractivity contribution >= 4 is 17.8 Å². The van der Waals surface area contributed by atoms with Crippen LogP contribution in [-0.4, -0.2) is 67.0 Å². The number of hydrogen-bond acceptors (Lipinski definition) is 5. The van der Waals surface area contributed by atoms with Crippen molar-refractivity contribution in [3.63, 3.8) is 0 Å². The van der Waals surface area contributed by atoms with Crippen LogP contribution in [0.3, 0.4) is 0 Å². The highest BCUT2D eigenvalue weighted by atomic mass is 16.5. The Labute approximate surface area is 172 Å². The third-order valence-corrected chi connectivity index (χ3v) is 6.21. The number of morpholine rings is 1. The molecule has 1 aliphatic carbocycles. The van der Waals surface area contributed by atoms with E-state index in [1.807, 2.05) is 6.08 Å². The number of ether oxygens (including phenoxy) is 2. The first-order valence-electron chi connectivity index (χ1n) is 10.7. The largest absolute Gasteiger partial charge is 0.465 e. The summed E-state index contributed by atoms with van der Waals surface area (Å²) in [6.45, 7) is 8.16. The van der Waals surface area contributed by atoms with Crippen LogP contribution in [0.5, 0.6) is 0 Å². The van der Waals surface area contributed by atoms with Crippen molar-refractivity contribution in [1.82, 2.24) is 9.80 Å². The number of carbonyl (C=O) groups excluding carboxylic acids is 3. The van der Waals surface area contributed by atoms with Gasteiger partial charge in [0.25, 0.3) is 0 Å². The molecule has 160 valence electrons. The predicted molar refractivity (Wildman–Crippen MR) is 108 cm³/mol. The average Bonchev–Trinajstić information content (AvgIpc) is 2.91. The second-order valence-electron chi connectivity index (χ2n) is 7.87. The normalized spacial score (nSPS) is 29.3. The second-order valence-corrected chi connectivity index (χ2v) is 7.87. The molecule has 2 amide bonds. The van der Waals surface area contributed by atoms with Gasteiger partial charge in [-0.25, -0.2) is 0 Å². The van der Waals surface area contributed by atoms with Gasteiger partial charge in [0.2, 0.25) is 11.8 Å². The van der Waals surface area contributed by atoms with Crippen molar-refractivity contribution in [1.29, 1.82) is 0 Å². The second kappa shape index (κ2) is 9.57. The summed E-state index contributed by atoms with van der Waals surface area (Å²) in [5.74, 6) is -1.39. The first-order valence-corrected chi connectivity index (χ1v) is 10.7. The van der Waals surface area contributed by atoms with Gasteiger partial charge in [0.1, 0.15) is 5.41 Å². The van der Waals surface area contributed by atoms with Gasteiger partial charge in [-0.1, -0.05) is 25.0 Å². The van der Waals surface area contributed by atoms with E-state index in [0.29, 0.717) is 45.0 Å². The van der Waals surface area contributed by atoms with Crippen LogP contribution in [0.15, 0.2) is 24.4 Å². The van der Waals surface area contributed by atoms with E-state index in [0.717, 1.165) is 25.7 Å². The summed E-state index contributed by atoms with van der Waals surface area (Å²) >= 11 is 0. The van der Waals surface area contributed by atoms with Crippen LogP contribution in [0.1, 0.15) is 45.4 Å². The molecular formula is C22H32N2O5. The molecule has 0 aromatic carbocycles. The predicted octanol–water partition coefficient (Wildman–Crippen LogP) is 2.28. The summed E-state index contributed by atoms with van der Waals surface area (Å²) < 4.78 is 10.8. The summed E-state index contributed by atoms with van der Waals surface area (Å²) in [7, 11) is 0. The Balaban J connectivity index is 2.00. The van der Waals surface area contributed by atoms with Crippen molar-refractivity contribution < 1.29 is 23.9 Å². The number of carbonyl (C=O) groups is 3. The van der Waals surface area contributed by atoms with Crippen molar-refractivity contribution in [3.8, 4) is 0 Å². The zero-order valence-electron chi connectivity index (χ0n) is 17.4. The lowest BCUT2D eigenvalue weighted by atomic mass is 9.69. The lowest BCUT2D eigenvalue weighted by Crippen LogP contribution is -2.45. The van der Waals surface area contributed by atoms with Crippen molar-refractivity contribution in [3.05, 3.63) is 24.4 Å². The molecule has 3 rings (SSSR count). The number of allylic oxidation sites excluding steroid dienone is 1. The fourth-order valence-corrected chi connectivity index (χ4v) is 4.80. The van der Waals surface area contributed by atoms with Gasteiger partial charge in [-0.05, 0) is 26.2 Å². The summed E-state index contributed by atoms with van der Waals surface area (Å²) in [6, 6.07) is 0. The van der Waals surface area contributed by atoms with E-state index in [1.165, 1.54) is 0 Å². The summed E-state index contributed by atoms with van der Waals surface area (Å²) in [5, 5.41) is 0. The van der Waals surface area contributed by atoms with E-state index in [9.17, 15) is 14.4 Å². The van der Waals surface area contributed by atoms with Crippen LogP contribution >= 0.6 is 0 Å². The topological polar surface area (TPSA) is 76.2 Å². The number of fused-ring (bicyclic) bond motifs is 1. The van der Waals surface area contributed by atoms with Crippen molar-refractivity contribution in [2.45, 2.75) is 45.4 Å². The fourth-order valence-electron chi connectivity index (χ4n) is 4.80. The Morgan fingerprint density at radius 1 is 1.31 bits per heavy atom. The van der Waals surface area contributed by atoms with Gasteiger partial charge in [-0.15, -0.1) is 6.58 Å². The molecule has 2 aliphatic heterocycles. The Morgan fingerprint density at radius 3 is 2.76 bits per heavy atom. The maximum absolute atomic E-state index is 13.5. The van der Waals surface area contributed by atoms with Crippen molar-refractivity contribution in [2.75, 3.05) is 39.5 Å². The maximum atomic E-state index is 13.5. The molecule has 2 fully saturated rings.